The maximum absolute atomic E-state index is 11.9. The Morgan fingerprint density at radius 3 is 2.60 bits per heavy atom. The van der Waals surface area contributed by atoms with Crippen LogP contribution < -0.4 is 5.32 Å². The van der Waals surface area contributed by atoms with E-state index in [1.807, 2.05) is 0 Å². The van der Waals surface area contributed by atoms with Gasteiger partial charge in [0.05, 0.1) is 13.0 Å². The third-order valence-corrected chi connectivity index (χ3v) is 4.67. The van der Waals surface area contributed by atoms with Gasteiger partial charge in [-0.05, 0) is 31.7 Å². The largest absolute Gasteiger partial charge is 0.469 e. The lowest BCUT2D eigenvalue weighted by molar-refractivity contribution is -0.148. The minimum atomic E-state index is -0.0379. The van der Waals surface area contributed by atoms with Crippen molar-refractivity contribution in [2.75, 3.05) is 26.7 Å². The molecule has 4 nitrogen and oxygen atoms in total. The maximum atomic E-state index is 11.9. The van der Waals surface area contributed by atoms with Gasteiger partial charge in [0.2, 0.25) is 0 Å². The lowest BCUT2D eigenvalue weighted by atomic mass is 9.92. The van der Waals surface area contributed by atoms with Crippen LogP contribution in [0.15, 0.2) is 0 Å². The fourth-order valence-corrected chi connectivity index (χ4v) is 3.59. The average Bonchev–Trinajstić information content (AvgIpc) is 2.98. The molecule has 0 spiro atoms. The molecule has 0 bridgehead atoms. The number of hydrogen-bond acceptors (Lipinski definition) is 4. The highest BCUT2D eigenvalue weighted by molar-refractivity contribution is 5.72. The van der Waals surface area contributed by atoms with Crippen LogP contribution in [0.25, 0.3) is 0 Å². The molecule has 2 aliphatic rings. The van der Waals surface area contributed by atoms with Crippen LogP contribution in [0.3, 0.4) is 0 Å². The summed E-state index contributed by atoms with van der Waals surface area (Å²) in [6.45, 7) is 7.45. The van der Waals surface area contributed by atoms with Gasteiger partial charge < -0.3 is 10.1 Å². The number of ether oxygens (including phenoxy) is 1. The summed E-state index contributed by atoms with van der Waals surface area (Å²) in [5.74, 6) is 0.650. The summed E-state index contributed by atoms with van der Waals surface area (Å²) in [7, 11) is 1.51. The van der Waals surface area contributed by atoms with Crippen LogP contribution in [0.4, 0.5) is 0 Å². The number of rotatable bonds is 5. The zero-order chi connectivity index (χ0) is 14.5. The van der Waals surface area contributed by atoms with Gasteiger partial charge in [0.25, 0.3) is 0 Å². The van der Waals surface area contributed by atoms with E-state index in [9.17, 15) is 4.79 Å². The minimum Gasteiger partial charge on any atom is -0.469 e. The van der Waals surface area contributed by atoms with Crippen LogP contribution >= 0.6 is 0 Å². The molecule has 0 radical (unpaired) electrons. The molecule has 2 rings (SSSR count). The molecule has 1 aliphatic carbocycles. The van der Waals surface area contributed by atoms with E-state index in [0.717, 1.165) is 26.1 Å². The Morgan fingerprint density at radius 2 is 2.00 bits per heavy atom. The molecular formula is C16H30N2O2. The van der Waals surface area contributed by atoms with E-state index in [2.05, 4.69) is 24.1 Å². The van der Waals surface area contributed by atoms with Gasteiger partial charge in [-0.2, -0.15) is 0 Å². The van der Waals surface area contributed by atoms with Gasteiger partial charge in [-0.3, -0.25) is 9.69 Å². The highest BCUT2D eigenvalue weighted by Crippen LogP contribution is 2.28. The molecule has 1 saturated carbocycles. The van der Waals surface area contributed by atoms with Crippen molar-refractivity contribution in [1.82, 2.24) is 10.2 Å². The zero-order valence-corrected chi connectivity index (χ0v) is 13.2. The monoisotopic (exact) mass is 282 g/mol. The Labute approximate surface area is 123 Å². The first-order chi connectivity index (χ1) is 9.60. The van der Waals surface area contributed by atoms with E-state index in [-0.39, 0.29) is 11.9 Å². The Bertz CT molecular complexity index is 314. The third-order valence-electron chi connectivity index (χ3n) is 4.67. The lowest BCUT2D eigenvalue weighted by Gasteiger charge is -2.40. The number of carbonyl (C=O) groups excluding carboxylic acids is 1. The molecule has 0 aromatic rings. The van der Waals surface area contributed by atoms with Crippen molar-refractivity contribution in [3.63, 3.8) is 0 Å². The van der Waals surface area contributed by atoms with Crippen LogP contribution in [-0.4, -0.2) is 49.7 Å². The van der Waals surface area contributed by atoms with Crippen molar-refractivity contribution < 1.29 is 9.53 Å². The highest BCUT2D eigenvalue weighted by Gasteiger charge is 2.35. The molecular weight excluding hydrogens is 252 g/mol. The second-order valence-corrected chi connectivity index (χ2v) is 6.85. The van der Waals surface area contributed by atoms with Gasteiger partial charge in [0, 0.05) is 25.2 Å². The molecule has 1 heterocycles. The molecule has 4 heteroatoms. The number of nitrogens with one attached hydrogen (secondary N) is 1. The maximum Gasteiger partial charge on any atom is 0.310 e. The molecule has 116 valence electrons. The first kappa shape index (κ1) is 15.8. The van der Waals surface area contributed by atoms with Crippen LogP contribution in [0.5, 0.6) is 0 Å². The van der Waals surface area contributed by atoms with Gasteiger partial charge in [-0.15, -0.1) is 0 Å². The predicted octanol–water partition coefficient (Wildman–Crippen LogP) is 2.04. The average molecular weight is 282 g/mol. The molecule has 20 heavy (non-hydrogen) atoms. The van der Waals surface area contributed by atoms with E-state index in [1.54, 1.807) is 0 Å². The number of nitrogens with zero attached hydrogens (tertiary/aromatic N) is 1. The van der Waals surface area contributed by atoms with Crippen molar-refractivity contribution in [1.29, 1.82) is 0 Å². The summed E-state index contributed by atoms with van der Waals surface area (Å²) in [4.78, 5) is 14.5. The van der Waals surface area contributed by atoms with E-state index in [1.165, 1.54) is 32.8 Å². The van der Waals surface area contributed by atoms with Crippen LogP contribution in [0, 0.1) is 11.8 Å². The van der Waals surface area contributed by atoms with Crippen molar-refractivity contribution >= 4 is 5.97 Å². The van der Waals surface area contributed by atoms with Crippen LogP contribution in [0.1, 0.15) is 46.0 Å². The molecule has 0 aromatic carbocycles. The molecule has 0 aromatic heterocycles. The summed E-state index contributed by atoms with van der Waals surface area (Å²) in [5.41, 5.74) is 0. The summed E-state index contributed by atoms with van der Waals surface area (Å²) in [5, 5.41) is 3.63. The number of methoxy groups -OCH3 is 1. The number of carbonyl (C=O) groups is 1. The van der Waals surface area contributed by atoms with E-state index < -0.39 is 0 Å². The summed E-state index contributed by atoms with van der Waals surface area (Å²) in [6.07, 6.45) is 6.19. The smallest absolute Gasteiger partial charge is 0.310 e. The van der Waals surface area contributed by atoms with E-state index >= 15 is 0 Å². The Morgan fingerprint density at radius 1 is 1.30 bits per heavy atom. The molecule has 2 unspecified atom stereocenters. The lowest BCUT2D eigenvalue weighted by Crippen LogP contribution is -2.54. The van der Waals surface area contributed by atoms with Gasteiger partial charge >= 0.3 is 5.97 Å². The molecule has 0 amide bonds. The Kier molecular flexibility index (Phi) is 5.85. The first-order valence-electron chi connectivity index (χ1n) is 8.15. The second kappa shape index (κ2) is 7.41. The summed E-state index contributed by atoms with van der Waals surface area (Å²) < 4.78 is 4.98. The number of likely N-dealkylation sites (tertiary alicyclic amines) is 1. The van der Waals surface area contributed by atoms with Crippen molar-refractivity contribution in [2.24, 2.45) is 11.8 Å². The van der Waals surface area contributed by atoms with Crippen molar-refractivity contribution in [3.05, 3.63) is 0 Å². The van der Waals surface area contributed by atoms with Crippen LogP contribution in [0.2, 0.25) is 0 Å². The van der Waals surface area contributed by atoms with E-state index in [0.29, 0.717) is 18.0 Å². The summed E-state index contributed by atoms with van der Waals surface area (Å²) in [6, 6.07) is 1.11. The van der Waals surface area contributed by atoms with Gasteiger partial charge in [-0.1, -0.05) is 26.7 Å². The number of piperidine rings is 1. The van der Waals surface area contributed by atoms with Gasteiger partial charge in [0.1, 0.15) is 0 Å². The first-order valence-corrected chi connectivity index (χ1v) is 8.15. The molecule has 2 atom stereocenters. The normalized spacial score (nSPS) is 29.0. The van der Waals surface area contributed by atoms with Crippen molar-refractivity contribution in [3.8, 4) is 0 Å². The molecule has 1 saturated heterocycles. The Balaban J connectivity index is 1.95. The standard InChI is InChI=1S/C16H30N2O2/c1-12(2)9-17-14-8-13(16(19)20-3)10-18(11-14)15-6-4-5-7-15/h12-15,17H,4-11H2,1-3H3. The summed E-state index contributed by atoms with van der Waals surface area (Å²) >= 11 is 0. The molecule has 1 N–H and O–H groups in total. The van der Waals surface area contributed by atoms with Gasteiger partial charge in [-0.25, -0.2) is 0 Å². The van der Waals surface area contributed by atoms with Gasteiger partial charge in [0.15, 0.2) is 0 Å². The number of esters is 1. The molecule has 1 aliphatic heterocycles. The third kappa shape index (κ3) is 4.19. The Hall–Kier alpha value is -0.610. The quantitative estimate of drug-likeness (QED) is 0.784. The predicted molar refractivity (Wildman–Crippen MR) is 80.6 cm³/mol. The minimum absolute atomic E-state index is 0.0379. The van der Waals surface area contributed by atoms with Crippen LogP contribution in [-0.2, 0) is 9.53 Å². The molecule has 2 fully saturated rings. The fraction of sp³-hybridized carbons (Fsp3) is 0.938. The highest BCUT2D eigenvalue weighted by atomic mass is 16.5. The topological polar surface area (TPSA) is 41.6 Å². The zero-order valence-electron chi connectivity index (χ0n) is 13.2. The number of hydrogen-bond donors (Lipinski definition) is 1. The van der Waals surface area contributed by atoms with E-state index in [4.69, 9.17) is 4.74 Å². The van der Waals surface area contributed by atoms with Crippen molar-refractivity contribution in [2.45, 2.75) is 58.0 Å². The SMILES string of the molecule is COC(=O)C1CC(NCC(C)C)CN(C2CCCC2)C1. The fourth-order valence-electron chi connectivity index (χ4n) is 3.59. The second-order valence-electron chi connectivity index (χ2n) is 6.85.